The van der Waals surface area contributed by atoms with Crippen LogP contribution in [0.15, 0.2) is 18.2 Å². The highest BCUT2D eigenvalue weighted by Gasteiger charge is 2.31. The Morgan fingerprint density at radius 2 is 2.28 bits per heavy atom. The lowest BCUT2D eigenvalue weighted by Crippen LogP contribution is -2.45. The normalized spacial score (nSPS) is 18.5. The number of nitrogens with one attached hydrogen (secondary N) is 1. The molecule has 0 radical (unpaired) electrons. The van der Waals surface area contributed by atoms with Crippen LogP contribution in [0.25, 0.3) is 0 Å². The van der Waals surface area contributed by atoms with Crippen molar-refractivity contribution < 1.29 is 14.3 Å². The molecule has 0 bridgehead atoms. The maximum atomic E-state index is 12.1. The molecule has 1 aliphatic heterocycles. The second kappa shape index (κ2) is 5.37. The first-order valence-electron chi connectivity index (χ1n) is 5.92. The number of hydrogen-bond donors (Lipinski definition) is 1. The first kappa shape index (κ1) is 12.9. The molecular formula is C13H18N2O3. The number of nitrogens with zero attached hydrogens (tertiary/aromatic N) is 1. The fourth-order valence-corrected chi connectivity index (χ4v) is 2.03. The third-order valence-electron chi connectivity index (χ3n) is 2.87. The molecule has 0 aromatic heterocycles. The number of carbonyl (C=O) groups is 1. The first-order chi connectivity index (χ1) is 8.67. The Morgan fingerprint density at radius 1 is 1.50 bits per heavy atom. The minimum Gasteiger partial charge on any atom is -0.479 e. The minimum atomic E-state index is -0.470. The van der Waals surface area contributed by atoms with E-state index in [1.54, 1.807) is 18.9 Å². The number of hydrogen-bond acceptors (Lipinski definition) is 4. The highest BCUT2D eigenvalue weighted by Crippen LogP contribution is 2.34. The van der Waals surface area contributed by atoms with Crippen LogP contribution in [0.4, 0.5) is 5.69 Å². The van der Waals surface area contributed by atoms with E-state index in [1.165, 1.54) is 0 Å². The Labute approximate surface area is 107 Å². The predicted molar refractivity (Wildman–Crippen MR) is 68.7 cm³/mol. The van der Waals surface area contributed by atoms with Gasteiger partial charge in [0.25, 0.3) is 5.91 Å². The molecule has 98 valence electrons. The molecule has 1 N–H and O–H groups in total. The van der Waals surface area contributed by atoms with Crippen LogP contribution in [-0.4, -0.2) is 32.9 Å². The predicted octanol–water partition coefficient (Wildman–Crippen LogP) is 1.12. The zero-order valence-corrected chi connectivity index (χ0v) is 10.9. The molecule has 5 heteroatoms. The summed E-state index contributed by atoms with van der Waals surface area (Å²) in [6, 6.07) is 5.84. The maximum absolute atomic E-state index is 12.1. The van der Waals surface area contributed by atoms with E-state index in [-0.39, 0.29) is 12.6 Å². The van der Waals surface area contributed by atoms with Gasteiger partial charge in [0.05, 0.1) is 5.69 Å². The highest BCUT2D eigenvalue weighted by molar-refractivity contribution is 5.99. The number of ether oxygens (including phenoxy) is 2. The molecule has 0 saturated carbocycles. The van der Waals surface area contributed by atoms with Crippen molar-refractivity contribution in [2.24, 2.45) is 0 Å². The van der Waals surface area contributed by atoms with Gasteiger partial charge < -0.3 is 14.8 Å². The van der Waals surface area contributed by atoms with Crippen molar-refractivity contribution in [2.45, 2.75) is 19.6 Å². The SMILES string of the molecule is CNCc1ccc2c(c1)N(COC)C(=O)C(C)O2. The Hall–Kier alpha value is -1.59. The molecule has 1 atom stereocenters. The fraction of sp³-hybridized carbons (Fsp3) is 0.462. The Morgan fingerprint density at radius 3 is 2.94 bits per heavy atom. The quantitative estimate of drug-likeness (QED) is 0.870. The highest BCUT2D eigenvalue weighted by atomic mass is 16.5. The van der Waals surface area contributed by atoms with Crippen LogP contribution < -0.4 is 15.0 Å². The molecule has 2 rings (SSSR count). The van der Waals surface area contributed by atoms with Gasteiger partial charge in [-0.1, -0.05) is 6.07 Å². The monoisotopic (exact) mass is 250 g/mol. The van der Waals surface area contributed by atoms with Gasteiger partial charge in [-0.3, -0.25) is 9.69 Å². The number of fused-ring (bicyclic) bond motifs is 1. The fourth-order valence-electron chi connectivity index (χ4n) is 2.03. The summed E-state index contributed by atoms with van der Waals surface area (Å²) in [5, 5.41) is 3.08. The van der Waals surface area contributed by atoms with Crippen molar-refractivity contribution in [1.82, 2.24) is 5.32 Å². The van der Waals surface area contributed by atoms with Crippen LogP contribution in [-0.2, 0) is 16.1 Å². The molecule has 18 heavy (non-hydrogen) atoms. The van der Waals surface area contributed by atoms with Crippen LogP contribution in [0.3, 0.4) is 0 Å². The van der Waals surface area contributed by atoms with E-state index in [0.29, 0.717) is 0 Å². The van der Waals surface area contributed by atoms with Gasteiger partial charge >= 0.3 is 0 Å². The van der Waals surface area contributed by atoms with Gasteiger partial charge in [-0.05, 0) is 31.7 Å². The van der Waals surface area contributed by atoms with Crippen molar-refractivity contribution in [2.75, 3.05) is 25.8 Å². The van der Waals surface area contributed by atoms with Gasteiger partial charge in [-0.25, -0.2) is 0 Å². The molecule has 0 fully saturated rings. The molecule has 1 heterocycles. The van der Waals surface area contributed by atoms with Gasteiger partial charge in [0, 0.05) is 13.7 Å². The lowest BCUT2D eigenvalue weighted by atomic mass is 10.1. The molecular weight excluding hydrogens is 232 g/mol. The summed E-state index contributed by atoms with van der Waals surface area (Å²) in [6.45, 7) is 2.73. The molecule has 1 amide bonds. The third-order valence-corrected chi connectivity index (χ3v) is 2.87. The molecule has 0 saturated heterocycles. The van der Waals surface area contributed by atoms with Crippen molar-refractivity contribution >= 4 is 11.6 Å². The molecule has 5 nitrogen and oxygen atoms in total. The van der Waals surface area contributed by atoms with E-state index in [9.17, 15) is 4.79 Å². The van der Waals surface area contributed by atoms with Crippen LogP contribution in [0, 0.1) is 0 Å². The van der Waals surface area contributed by atoms with Gasteiger partial charge in [0.1, 0.15) is 12.5 Å². The number of amides is 1. The van der Waals surface area contributed by atoms with E-state index in [1.807, 2.05) is 25.2 Å². The van der Waals surface area contributed by atoms with Crippen LogP contribution >= 0.6 is 0 Å². The zero-order valence-electron chi connectivity index (χ0n) is 10.9. The summed E-state index contributed by atoms with van der Waals surface area (Å²) >= 11 is 0. The lowest BCUT2D eigenvalue weighted by Gasteiger charge is -2.32. The van der Waals surface area contributed by atoms with E-state index >= 15 is 0 Å². The number of anilines is 1. The Kier molecular flexibility index (Phi) is 3.84. The number of carbonyl (C=O) groups excluding carboxylic acids is 1. The van der Waals surface area contributed by atoms with Crippen molar-refractivity contribution in [3.05, 3.63) is 23.8 Å². The Bertz CT molecular complexity index is 448. The van der Waals surface area contributed by atoms with Gasteiger partial charge in [0.2, 0.25) is 0 Å². The van der Waals surface area contributed by atoms with Crippen LogP contribution in [0.5, 0.6) is 5.75 Å². The van der Waals surface area contributed by atoms with Gasteiger partial charge in [-0.2, -0.15) is 0 Å². The van der Waals surface area contributed by atoms with Gasteiger partial charge in [0.15, 0.2) is 6.10 Å². The minimum absolute atomic E-state index is 0.0778. The summed E-state index contributed by atoms with van der Waals surface area (Å²) in [5.41, 5.74) is 1.87. The summed E-state index contributed by atoms with van der Waals surface area (Å²) in [6.07, 6.45) is -0.470. The summed E-state index contributed by atoms with van der Waals surface area (Å²) in [4.78, 5) is 13.7. The molecule has 1 aromatic rings. The zero-order chi connectivity index (χ0) is 13.1. The average molecular weight is 250 g/mol. The summed E-state index contributed by atoms with van der Waals surface area (Å²) in [5.74, 6) is 0.643. The standard InChI is InChI=1S/C13H18N2O3/c1-9-13(16)15(8-17-3)11-6-10(7-14-2)4-5-12(11)18-9/h4-6,9,14H,7-8H2,1-3H3. The molecule has 0 aliphatic carbocycles. The number of rotatable bonds is 4. The van der Waals surface area contributed by atoms with Crippen LogP contribution in [0.2, 0.25) is 0 Å². The second-order valence-corrected chi connectivity index (χ2v) is 4.28. The van der Waals surface area contributed by atoms with Gasteiger partial charge in [-0.15, -0.1) is 0 Å². The molecule has 1 unspecified atom stereocenters. The van der Waals surface area contributed by atoms with E-state index in [0.717, 1.165) is 23.5 Å². The van der Waals surface area contributed by atoms with E-state index in [2.05, 4.69) is 5.32 Å². The average Bonchev–Trinajstić information content (AvgIpc) is 2.36. The van der Waals surface area contributed by atoms with E-state index < -0.39 is 6.10 Å². The topological polar surface area (TPSA) is 50.8 Å². The van der Waals surface area contributed by atoms with Crippen molar-refractivity contribution in [3.63, 3.8) is 0 Å². The smallest absolute Gasteiger partial charge is 0.269 e. The number of methoxy groups -OCH3 is 1. The van der Waals surface area contributed by atoms with Crippen molar-refractivity contribution in [1.29, 1.82) is 0 Å². The molecule has 1 aromatic carbocycles. The van der Waals surface area contributed by atoms with Crippen molar-refractivity contribution in [3.8, 4) is 5.75 Å². The lowest BCUT2D eigenvalue weighted by molar-refractivity contribution is -0.126. The number of benzene rings is 1. The third kappa shape index (κ3) is 2.32. The summed E-state index contributed by atoms with van der Waals surface area (Å²) in [7, 11) is 3.46. The largest absolute Gasteiger partial charge is 0.479 e. The summed E-state index contributed by atoms with van der Waals surface area (Å²) < 4.78 is 10.7. The molecule has 0 spiro atoms. The van der Waals surface area contributed by atoms with Crippen LogP contribution in [0.1, 0.15) is 12.5 Å². The first-order valence-corrected chi connectivity index (χ1v) is 5.92. The molecule has 1 aliphatic rings. The maximum Gasteiger partial charge on any atom is 0.269 e. The van der Waals surface area contributed by atoms with E-state index in [4.69, 9.17) is 9.47 Å². The Balaban J connectivity index is 2.38. The second-order valence-electron chi connectivity index (χ2n) is 4.28.